The molecule has 0 saturated heterocycles. The van der Waals surface area contributed by atoms with Crippen molar-refractivity contribution in [1.29, 1.82) is 0 Å². The quantitative estimate of drug-likeness (QED) is 0.433. The molecule has 0 aliphatic carbocycles. The Morgan fingerprint density at radius 2 is 2.38 bits per heavy atom. The van der Waals surface area contributed by atoms with Crippen LogP contribution in [0.2, 0.25) is 0 Å². The number of nitrogens with zero attached hydrogens (tertiary/aromatic N) is 3. The Morgan fingerprint density at radius 3 is 3.00 bits per heavy atom. The van der Waals surface area contributed by atoms with E-state index in [1.165, 1.54) is 18.2 Å². The van der Waals surface area contributed by atoms with Crippen molar-refractivity contribution in [3.8, 4) is 0 Å². The predicted molar refractivity (Wildman–Crippen MR) is 45.4 cm³/mol. The van der Waals surface area contributed by atoms with E-state index in [1.807, 2.05) is 0 Å². The number of aliphatic hydroxyl groups excluding tert-OH is 1. The average molecular weight is 181 g/mol. The Kier molecular flexibility index (Phi) is 3.25. The van der Waals surface area contributed by atoms with Crippen LogP contribution in [0.1, 0.15) is 11.7 Å². The van der Waals surface area contributed by atoms with Crippen molar-refractivity contribution in [2.45, 2.75) is 6.10 Å². The molecule has 0 bridgehead atoms. The second kappa shape index (κ2) is 4.45. The Morgan fingerprint density at radius 1 is 1.62 bits per heavy atom. The predicted octanol–water partition coefficient (Wildman–Crippen LogP) is 2.17. The molecule has 0 aromatic heterocycles. The molecular formula is C8H8FN3O. The van der Waals surface area contributed by atoms with Crippen LogP contribution in [0.15, 0.2) is 29.4 Å². The summed E-state index contributed by atoms with van der Waals surface area (Å²) < 4.78 is 12.6. The highest BCUT2D eigenvalue weighted by Crippen LogP contribution is 2.13. The van der Waals surface area contributed by atoms with Crippen LogP contribution in [-0.2, 0) is 0 Å². The van der Waals surface area contributed by atoms with Gasteiger partial charge in [-0.25, -0.2) is 4.39 Å². The molecule has 4 nitrogen and oxygen atoms in total. The van der Waals surface area contributed by atoms with Gasteiger partial charge in [-0.2, -0.15) is 0 Å². The molecule has 0 unspecified atom stereocenters. The number of aliphatic hydroxyl groups is 1. The maximum atomic E-state index is 12.6. The minimum atomic E-state index is -0.938. The van der Waals surface area contributed by atoms with Gasteiger partial charge in [0.2, 0.25) is 0 Å². The number of benzene rings is 1. The zero-order chi connectivity index (χ0) is 9.68. The molecule has 1 aromatic rings. The van der Waals surface area contributed by atoms with Gasteiger partial charge in [-0.3, -0.25) is 0 Å². The van der Waals surface area contributed by atoms with Gasteiger partial charge in [0.05, 0.1) is 12.6 Å². The molecule has 0 radical (unpaired) electrons. The van der Waals surface area contributed by atoms with E-state index < -0.39 is 11.9 Å². The van der Waals surface area contributed by atoms with Crippen LogP contribution < -0.4 is 0 Å². The molecule has 1 rings (SSSR count). The average Bonchev–Trinajstić information content (AvgIpc) is 2.14. The van der Waals surface area contributed by atoms with Crippen molar-refractivity contribution in [3.63, 3.8) is 0 Å². The second-order valence-corrected chi connectivity index (χ2v) is 2.48. The summed E-state index contributed by atoms with van der Waals surface area (Å²) in [7, 11) is 0. The van der Waals surface area contributed by atoms with Crippen LogP contribution in [0.3, 0.4) is 0 Å². The van der Waals surface area contributed by atoms with E-state index in [0.29, 0.717) is 5.56 Å². The van der Waals surface area contributed by atoms with Crippen molar-refractivity contribution >= 4 is 0 Å². The summed E-state index contributed by atoms with van der Waals surface area (Å²) >= 11 is 0. The highest BCUT2D eigenvalue weighted by Gasteiger charge is 2.05. The molecule has 1 aromatic carbocycles. The summed E-state index contributed by atoms with van der Waals surface area (Å²) in [4.78, 5) is 2.49. The van der Waals surface area contributed by atoms with Crippen molar-refractivity contribution in [3.05, 3.63) is 46.1 Å². The van der Waals surface area contributed by atoms with E-state index in [0.717, 1.165) is 0 Å². The fourth-order valence-electron chi connectivity index (χ4n) is 0.933. The van der Waals surface area contributed by atoms with Gasteiger partial charge in [0.1, 0.15) is 5.82 Å². The molecule has 0 aliphatic heterocycles. The van der Waals surface area contributed by atoms with Crippen LogP contribution in [0.4, 0.5) is 4.39 Å². The molecule has 0 amide bonds. The van der Waals surface area contributed by atoms with E-state index in [9.17, 15) is 9.50 Å². The third-order valence-electron chi connectivity index (χ3n) is 1.55. The normalized spacial score (nSPS) is 11.8. The lowest BCUT2D eigenvalue weighted by Gasteiger charge is -2.06. The summed E-state index contributed by atoms with van der Waals surface area (Å²) in [5.74, 6) is -0.419. The molecule has 5 heteroatoms. The summed E-state index contributed by atoms with van der Waals surface area (Å²) in [5.41, 5.74) is 8.40. The van der Waals surface area contributed by atoms with E-state index in [-0.39, 0.29) is 6.54 Å². The Labute approximate surface area is 74.3 Å². The van der Waals surface area contributed by atoms with Gasteiger partial charge in [-0.15, -0.1) is 0 Å². The lowest BCUT2D eigenvalue weighted by Crippen LogP contribution is -2.00. The van der Waals surface area contributed by atoms with Crippen LogP contribution >= 0.6 is 0 Å². The first-order valence-corrected chi connectivity index (χ1v) is 3.68. The molecular weight excluding hydrogens is 173 g/mol. The topological polar surface area (TPSA) is 69.0 Å². The van der Waals surface area contributed by atoms with Crippen LogP contribution in [0.25, 0.3) is 10.4 Å². The zero-order valence-corrected chi connectivity index (χ0v) is 6.76. The Bertz CT molecular complexity index is 336. The monoisotopic (exact) mass is 181 g/mol. The Balaban J connectivity index is 2.76. The smallest absolute Gasteiger partial charge is 0.123 e. The summed E-state index contributed by atoms with van der Waals surface area (Å²) in [6.45, 7) is -0.0834. The largest absolute Gasteiger partial charge is 0.388 e. The van der Waals surface area contributed by atoms with Crippen LogP contribution in [0.5, 0.6) is 0 Å². The molecule has 1 atom stereocenters. The van der Waals surface area contributed by atoms with Gasteiger partial charge in [0.25, 0.3) is 0 Å². The van der Waals surface area contributed by atoms with E-state index in [2.05, 4.69) is 10.0 Å². The first kappa shape index (κ1) is 9.51. The molecule has 1 N–H and O–H groups in total. The van der Waals surface area contributed by atoms with Crippen molar-refractivity contribution in [1.82, 2.24) is 0 Å². The molecule has 0 heterocycles. The first-order valence-electron chi connectivity index (χ1n) is 3.68. The minimum absolute atomic E-state index is 0.0834. The highest BCUT2D eigenvalue weighted by atomic mass is 19.1. The Hall–Kier alpha value is -1.58. The third-order valence-corrected chi connectivity index (χ3v) is 1.55. The van der Waals surface area contributed by atoms with Crippen LogP contribution in [-0.4, -0.2) is 11.7 Å². The maximum absolute atomic E-state index is 12.6. The molecule has 13 heavy (non-hydrogen) atoms. The number of azide groups is 1. The van der Waals surface area contributed by atoms with E-state index in [1.54, 1.807) is 6.07 Å². The third kappa shape index (κ3) is 2.74. The van der Waals surface area contributed by atoms with Gasteiger partial charge in [0, 0.05) is 4.91 Å². The van der Waals surface area contributed by atoms with Gasteiger partial charge in [-0.1, -0.05) is 17.2 Å². The number of hydrogen-bond donors (Lipinski definition) is 1. The summed E-state index contributed by atoms with van der Waals surface area (Å²) in [5, 5.41) is 12.5. The fourth-order valence-corrected chi connectivity index (χ4v) is 0.933. The van der Waals surface area contributed by atoms with Gasteiger partial charge in [0.15, 0.2) is 0 Å². The number of rotatable bonds is 3. The zero-order valence-electron chi connectivity index (χ0n) is 6.76. The summed E-state index contributed by atoms with van der Waals surface area (Å²) in [6.07, 6.45) is -0.938. The van der Waals surface area contributed by atoms with E-state index in [4.69, 9.17) is 5.53 Å². The standard InChI is InChI=1S/C8H8FN3O/c9-7-3-1-2-6(4-7)8(13)5-11-12-10/h1-4,8,13H,5H2/t8-/m1/s1. The molecule has 0 spiro atoms. The SMILES string of the molecule is [N-]=[N+]=NC[C@@H](O)c1cccc(F)c1. The van der Waals surface area contributed by atoms with Crippen molar-refractivity contribution < 1.29 is 9.50 Å². The van der Waals surface area contributed by atoms with Gasteiger partial charge < -0.3 is 5.11 Å². The minimum Gasteiger partial charge on any atom is -0.388 e. The van der Waals surface area contributed by atoms with Gasteiger partial charge >= 0.3 is 0 Å². The van der Waals surface area contributed by atoms with Gasteiger partial charge in [-0.05, 0) is 23.2 Å². The van der Waals surface area contributed by atoms with Crippen molar-refractivity contribution in [2.24, 2.45) is 5.11 Å². The van der Waals surface area contributed by atoms with Crippen LogP contribution in [0, 0.1) is 5.82 Å². The lowest BCUT2D eigenvalue weighted by molar-refractivity contribution is 0.186. The number of halogens is 1. The first-order chi connectivity index (χ1) is 6.24. The van der Waals surface area contributed by atoms with Crippen molar-refractivity contribution in [2.75, 3.05) is 6.54 Å². The molecule has 68 valence electrons. The second-order valence-electron chi connectivity index (χ2n) is 2.48. The lowest BCUT2D eigenvalue weighted by atomic mass is 10.1. The summed E-state index contributed by atoms with van der Waals surface area (Å²) in [6, 6.07) is 5.55. The molecule has 0 aliphatic rings. The molecule has 0 saturated carbocycles. The maximum Gasteiger partial charge on any atom is 0.123 e. The highest BCUT2D eigenvalue weighted by molar-refractivity contribution is 5.18. The fraction of sp³-hybridized carbons (Fsp3) is 0.250. The van der Waals surface area contributed by atoms with E-state index >= 15 is 0 Å². The number of hydrogen-bond acceptors (Lipinski definition) is 2. The molecule has 0 fully saturated rings.